The molecule has 1 N–H and O–H groups in total. The Hall–Kier alpha value is -2.31. The summed E-state index contributed by atoms with van der Waals surface area (Å²) in [4.78, 5) is 12.5. The molecule has 0 bridgehead atoms. The molecule has 0 aromatic heterocycles. The Morgan fingerprint density at radius 2 is 1.95 bits per heavy atom. The van der Waals surface area contributed by atoms with Crippen molar-refractivity contribution in [3.05, 3.63) is 64.7 Å². The molecule has 2 aromatic carbocycles. The number of ketones is 1. The summed E-state index contributed by atoms with van der Waals surface area (Å²) in [6.07, 6.45) is 0.377. The molecule has 0 spiro atoms. The monoisotopic (exact) mass is 284 g/mol. The summed E-state index contributed by atoms with van der Waals surface area (Å²) in [7, 11) is 0. The van der Waals surface area contributed by atoms with E-state index in [1.165, 1.54) is 0 Å². The summed E-state index contributed by atoms with van der Waals surface area (Å²) in [5.74, 6) is -0.0902. The van der Waals surface area contributed by atoms with Gasteiger partial charge in [0.2, 0.25) is 0 Å². The zero-order valence-corrected chi connectivity index (χ0v) is 11.5. The highest BCUT2D eigenvalue weighted by atomic mass is 35.5. The fourth-order valence-corrected chi connectivity index (χ4v) is 2.03. The van der Waals surface area contributed by atoms with E-state index in [0.717, 1.165) is 0 Å². The lowest BCUT2D eigenvalue weighted by molar-refractivity contribution is 0.103. The Balaban J connectivity index is 2.32. The number of carbonyl (C=O) groups is 1. The summed E-state index contributed by atoms with van der Waals surface area (Å²) in [5, 5.41) is 12.2. The van der Waals surface area contributed by atoms with Crippen molar-refractivity contribution in [1.29, 1.82) is 5.26 Å². The number of nitriles is 1. The van der Waals surface area contributed by atoms with Gasteiger partial charge in [0.25, 0.3) is 0 Å². The molecule has 0 aliphatic heterocycles. The van der Waals surface area contributed by atoms with Gasteiger partial charge in [-0.3, -0.25) is 4.79 Å². The van der Waals surface area contributed by atoms with Gasteiger partial charge in [0.15, 0.2) is 5.78 Å². The van der Waals surface area contributed by atoms with Crippen molar-refractivity contribution < 1.29 is 4.79 Å². The summed E-state index contributed by atoms with van der Waals surface area (Å²) >= 11 is 5.98. The van der Waals surface area contributed by atoms with E-state index in [2.05, 4.69) is 11.4 Å². The number of hydrogen-bond donors (Lipinski definition) is 1. The van der Waals surface area contributed by atoms with Crippen molar-refractivity contribution in [2.24, 2.45) is 0 Å². The number of benzene rings is 2. The molecule has 0 atom stereocenters. The molecule has 0 aliphatic carbocycles. The average Bonchev–Trinajstić information content (AvgIpc) is 2.49. The molecular formula is C16H13ClN2O. The van der Waals surface area contributed by atoms with E-state index in [4.69, 9.17) is 16.9 Å². The van der Waals surface area contributed by atoms with Gasteiger partial charge in [-0.05, 0) is 18.2 Å². The molecule has 0 fully saturated rings. The Bertz CT molecular complexity index is 647. The molecule has 20 heavy (non-hydrogen) atoms. The third-order valence-corrected chi connectivity index (χ3v) is 3.05. The molecule has 2 aromatic rings. The first-order valence-corrected chi connectivity index (χ1v) is 6.60. The van der Waals surface area contributed by atoms with E-state index in [0.29, 0.717) is 34.8 Å². The third kappa shape index (κ3) is 3.37. The van der Waals surface area contributed by atoms with Gasteiger partial charge in [0, 0.05) is 28.4 Å². The van der Waals surface area contributed by atoms with E-state index < -0.39 is 0 Å². The molecule has 0 radical (unpaired) electrons. The maximum absolute atomic E-state index is 12.5. The minimum atomic E-state index is -0.0902. The lowest BCUT2D eigenvalue weighted by Crippen LogP contribution is -2.08. The van der Waals surface area contributed by atoms with Crippen LogP contribution in [-0.4, -0.2) is 12.3 Å². The van der Waals surface area contributed by atoms with Gasteiger partial charge in [-0.2, -0.15) is 5.26 Å². The molecule has 0 amide bonds. The van der Waals surface area contributed by atoms with Gasteiger partial charge in [0.05, 0.1) is 12.5 Å². The number of nitrogens with one attached hydrogen (secondary N) is 1. The van der Waals surface area contributed by atoms with Crippen LogP contribution in [0.4, 0.5) is 5.69 Å². The summed E-state index contributed by atoms with van der Waals surface area (Å²) in [6.45, 7) is 0.493. The maximum atomic E-state index is 12.5. The van der Waals surface area contributed by atoms with E-state index in [9.17, 15) is 4.79 Å². The van der Waals surface area contributed by atoms with Gasteiger partial charge in [-0.25, -0.2) is 0 Å². The standard InChI is InChI=1S/C16H13ClN2O/c17-13-7-8-15(19-10-4-9-18)14(11-13)16(20)12-5-2-1-3-6-12/h1-3,5-8,11,19H,4,10H2. The molecule has 0 aliphatic rings. The molecule has 3 nitrogen and oxygen atoms in total. The minimum absolute atomic E-state index is 0.0902. The lowest BCUT2D eigenvalue weighted by Gasteiger charge is -2.11. The van der Waals surface area contributed by atoms with Crippen molar-refractivity contribution in [3.8, 4) is 6.07 Å². The van der Waals surface area contributed by atoms with Crippen LogP contribution in [0.2, 0.25) is 5.02 Å². The number of carbonyl (C=O) groups excluding carboxylic acids is 1. The van der Waals surface area contributed by atoms with E-state index in [-0.39, 0.29) is 5.78 Å². The predicted octanol–water partition coefficient (Wildman–Crippen LogP) is 3.90. The first-order chi connectivity index (χ1) is 9.72. The molecular weight excluding hydrogens is 272 g/mol. The van der Waals surface area contributed by atoms with Crippen molar-refractivity contribution in [1.82, 2.24) is 0 Å². The topological polar surface area (TPSA) is 52.9 Å². The van der Waals surface area contributed by atoms with Crippen molar-refractivity contribution in [3.63, 3.8) is 0 Å². The van der Waals surface area contributed by atoms with E-state index in [1.807, 2.05) is 18.2 Å². The number of hydrogen-bond acceptors (Lipinski definition) is 3. The summed E-state index contributed by atoms with van der Waals surface area (Å²) in [5.41, 5.74) is 1.82. The van der Waals surface area contributed by atoms with Crippen molar-refractivity contribution >= 4 is 23.1 Å². The SMILES string of the molecule is N#CCCNc1ccc(Cl)cc1C(=O)c1ccccc1. The van der Waals surface area contributed by atoms with Crippen LogP contribution in [0.5, 0.6) is 0 Å². The number of rotatable bonds is 5. The second-order valence-corrected chi connectivity index (χ2v) is 4.66. The molecule has 0 unspecified atom stereocenters. The molecule has 0 heterocycles. The molecule has 2 rings (SSSR count). The molecule has 100 valence electrons. The lowest BCUT2D eigenvalue weighted by atomic mass is 10.0. The van der Waals surface area contributed by atoms with Gasteiger partial charge in [-0.1, -0.05) is 41.9 Å². The quantitative estimate of drug-likeness (QED) is 0.669. The van der Waals surface area contributed by atoms with Crippen LogP contribution in [0.25, 0.3) is 0 Å². The first-order valence-electron chi connectivity index (χ1n) is 6.22. The third-order valence-electron chi connectivity index (χ3n) is 2.81. The van der Waals surface area contributed by atoms with Gasteiger partial charge in [-0.15, -0.1) is 0 Å². The largest absolute Gasteiger partial charge is 0.383 e. The second-order valence-electron chi connectivity index (χ2n) is 4.22. The second kappa shape index (κ2) is 6.74. The van der Waals surface area contributed by atoms with Crippen LogP contribution in [0.3, 0.4) is 0 Å². The average molecular weight is 285 g/mol. The Labute approximate surface area is 122 Å². The van der Waals surface area contributed by atoms with Crippen LogP contribution in [-0.2, 0) is 0 Å². The smallest absolute Gasteiger partial charge is 0.195 e. The van der Waals surface area contributed by atoms with Gasteiger partial charge in [0.1, 0.15) is 0 Å². The fourth-order valence-electron chi connectivity index (χ4n) is 1.86. The van der Waals surface area contributed by atoms with Crippen molar-refractivity contribution in [2.75, 3.05) is 11.9 Å². The van der Waals surface area contributed by atoms with E-state index >= 15 is 0 Å². The van der Waals surface area contributed by atoms with Crippen LogP contribution in [0.1, 0.15) is 22.3 Å². The predicted molar refractivity (Wildman–Crippen MR) is 80.0 cm³/mol. The van der Waals surface area contributed by atoms with Crippen LogP contribution in [0.15, 0.2) is 48.5 Å². The molecule has 4 heteroatoms. The van der Waals surface area contributed by atoms with E-state index in [1.54, 1.807) is 30.3 Å². The maximum Gasteiger partial charge on any atom is 0.195 e. The minimum Gasteiger partial charge on any atom is -0.383 e. The summed E-state index contributed by atoms with van der Waals surface area (Å²) in [6, 6.07) is 16.2. The normalized spacial score (nSPS) is 9.80. The summed E-state index contributed by atoms with van der Waals surface area (Å²) < 4.78 is 0. The highest BCUT2D eigenvalue weighted by molar-refractivity contribution is 6.31. The highest BCUT2D eigenvalue weighted by Crippen LogP contribution is 2.23. The van der Waals surface area contributed by atoms with Gasteiger partial charge >= 0.3 is 0 Å². The fraction of sp³-hybridized carbons (Fsp3) is 0.125. The zero-order valence-electron chi connectivity index (χ0n) is 10.8. The van der Waals surface area contributed by atoms with Gasteiger partial charge < -0.3 is 5.32 Å². The zero-order chi connectivity index (χ0) is 14.4. The Morgan fingerprint density at radius 1 is 1.20 bits per heavy atom. The highest BCUT2D eigenvalue weighted by Gasteiger charge is 2.13. The number of anilines is 1. The molecule has 0 saturated heterocycles. The van der Waals surface area contributed by atoms with Crippen LogP contribution in [0, 0.1) is 11.3 Å². The molecule has 0 saturated carbocycles. The van der Waals surface area contributed by atoms with Crippen LogP contribution >= 0.6 is 11.6 Å². The first kappa shape index (κ1) is 14.1. The number of halogens is 1. The Morgan fingerprint density at radius 3 is 2.65 bits per heavy atom. The Kier molecular flexibility index (Phi) is 4.75. The van der Waals surface area contributed by atoms with Crippen molar-refractivity contribution in [2.45, 2.75) is 6.42 Å². The number of nitrogens with zero attached hydrogens (tertiary/aromatic N) is 1. The van der Waals surface area contributed by atoms with Crippen LogP contribution < -0.4 is 5.32 Å².